The summed E-state index contributed by atoms with van der Waals surface area (Å²) < 4.78 is 63.2. The molecule has 1 aromatic heterocycles. The van der Waals surface area contributed by atoms with Crippen molar-refractivity contribution in [3.8, 4) is 5.88 Å². The Morgan fingerprint density at radius 1 is 0.905 bits per heavy atom. The third-order valence-corrected chi connectivity index (χ3v) is 7.51. The van der Waals surface area contributed by atoms with E-state index in [1.54, 1.807) is 0 Å². The first-order valence-electron chi connectivity index (χ1n) is 11.8. The van der Waals surface area contributed by atoms with Crippen molar-refractivity contribution in [1.29, 1.82) is 0 Å². The molecule has 16 nitrogen and oxygen atoms in total. The highest BCUT2D eigenvalue weighted by molar-refractivity contribution is 7.86. The number of allylic oxidation sites excluding steroid dienone is 4. The van der Waals surface area contributed by atoms with Crippen LogP contribution in [0.1, 0.15) is 35.3 Å². The number of primary amides is 2. The van der Waals surface area contributed by atoms with Crippen molar-refractivity contribution in [3.63, 3.8) is 0 Å². The SMILES string of the molecule is CC(C=Cc1c(C)c(C(N)=O)c(O)n(CCS(=O)(=O)O)c1=O)=CC=C1C(=O)N(CCS(=O)(=O)O)C(=O)C(C(N)=O)=C1C. The Labute approximate surface area is 239 Å². The molecule has 228 valence electrons. The van der Waals surface area contributed by atoms with Crippen molar-refractivity contribution in [2.45, 2.75) is 27.3 Å². The summed E-state index contributed by atoms with van der Waals surface area (Å²) in [4.78, 5) is 62.9. The quantitative estimate of drug-likeness (QED) is 0.0635. The van der Waals surface area contributed by atoms with E-state index in [4.69, 9.17) is 20.6 Å². The maximum atomic E-state index is 13.0. The number of hydrogen-bond donors (Lipinski definition) is 5. The number of aromatic nitrogens is 1. The third kappa shape index (κ3) is 7.87. The Bertz CT molecular complexity index is 1780. The Balaban J connectivity index is 2.60. The van der Waals surface area contributed by atoms with Crippen molar-refractivity contribution in [2.75, 3.05) is 18.1 Å². The number of imide groups is 1. The smallest absolute Gasteiger partial charge is 0.266 e. The predicted octanol–water partition coefficient (Wildman–Crippen LogP) is -1.21. The molecule has 1 aromatic rings. The molecule has 42 heavy (non-hydrogen) atoms. The van der Waals surface area contributed by atoms with Gasteiger partial charge in [-0.25, -0.2) is 0 Å². The minimum atomic E-state index is -4.56. The average molecular weight is 629 g/mol. The fraction of sp³-hybridized carbons (Fsp3) is 0.292. The van der Waals surface area contributed by atoms with Gasteiger partial charge in [-0.3, -0.25) is 42.5 Å². The van der Waals surface area contributed by atoms with Crippen molar-refractivity contribution >= 4 is 49.9 Å². The molecule has 0 atom stereocenters. The number of rotatable bonds is 11. The molecular weight excluding hydrogens is 600 g/mol. The van der Waals surface area contributed by atoms with Gasteiger partial charge >= 0.3 is 0 Å². The van der Waals surface area contributed by atoms with Gasteiger partial charge in [0.15, 0.2) is 0 Å². The zero-order chi connectivity index (χ0) is 32.3. The number of amides is 4. The molecule has 18 heteroatoms. The third-order valence-electron chi connectivity index (χ3n) is 6.11. The monoisotopic (exact) mass is 628 g/mol. The van der Waals surface area contributed by atoms with E-state index in [1.807, 2.05) is 0 Å². The van der Waals surface area contributed by atoms with Crippen LogP contribution in [0.2, 0.25) is 0 Å². The lowest BCUT2D eigenvalue weighted by molar-refractivity contribution is -0.141. The first kappa shape index (κ1) is 33.8. The van der Waals surface area contributed by atoms with E-state index in [9.17, 15) is 45.9 Å². The number of carbonyl (C=O) groups excluding carboxylic acids is 4. The van der Waals surface area contributed by atoms with Crippen molar-refractivity contribution in [1.82, 2.24) is 9.47 Å². The molecule has 7 N–H and O–H groups in total. The molecule has 0 saturated carbocycles. The van der Waals surface area contributed by atoms with Crippen molar-refractivity contribution < 1.29 is 50.2 Å². The van der Waals surface area contributed by atoms with E-state index in [-0.39, 0.29) is 22.3 Å². The zero-order valence-electron chi connectivity index (χ0n) is 22.5. The molecule has 4 amide bonds. The summed E-state index contributed by atoms with van der Waals surface area (Å²) in [6.07, 6.45) is 5.11. The van der Waals surface area contributed by atoms with Gasteiger partial charge in [0.05, 0.1) is 11.5 Å². The fourth-order valence-corrected chi connectivity index (χ4v) is 4.78. The number of carbonyl (C=O) groups is 4. The Morgan fingerprint density at radius 3 is 1.95 bits per heavy atom. The Hall–Kier alpha value is -4.39. The largest absolute Gasteiger partial charge is 0.494 e. The highest BCUT2D eigenvalue weighted by Gasteiger charge is 2.37. The van der Waals surface area contributed by atoms with Crippen molar-refractivity contribution in [2.24, 2.45) is 11.5 Å². The first-order valence-corrected chi connectivity index (χ1v) is 15.0. The first-order chi connectivity index (χ1) is 19.2. The van der Waals surface area contributed by atoms with Gasteiger partial charge in [0.1, 0.15) is 11.1 Å². The molecule has 0 bridgehead atoms. The Morgan fingerprint density at radius 2 is 1.45 bits per heavy atom. The predicted molar refractivity (Wildman–Crippen MR) is 148 cm³/mol. The maximum absolute atomic E-state index is 13.0. The number of nitrogens with zero attached hydrogens (tertiary/aromatic N) is 2. The van der Waals surface area contributed by atoms with E-state index in [0.29, 0.717) is 15.0 Å². The molecule has 0 radical (unpaired) electrons. The van der Waals surface area contributed by atoms with Crippen LogP contribution in [0.15, 0.2) is 45.3 Å². The molecule has 2 rings (SSSR count). The topological polar surface area (TPSA) is 275 Å². The molecule has 1 aliphatic rings. The summed E-state index contributed by atoms with van der Waals surface area (Å²) in [5, 5.41) is 10.4. The van der Waals surface area contributed by atoms with Crippen LogP contribution in [0.25, 0.3) is 6.08 Å². The molecule has 0 spiro atoms. The van der Waals surface area contributed by atoms with E-state index < -0.39 is 91.0 Å². The van der Waals surface area contributed by atoms with E-state index >= 15 is 0 Å². The van der Waals surface area contributed by atoms with Gasteiger partial charge in [-0.2, -0.15) is 16.8 Å². The lowest BCUT2D eigenvalue weighted by Gasteiger charge is -2.28. The summed E-state index contributed by atoms with van der Waals surface area (Å²) in [5.41, 5.74) is 8.54. The molecule has 0 aliphatic carbocycles. The Kier molecular flexibility index (Phi) is 10.2. The van der Waals surface area contributed by atoms with Gasteiger partial charge in [0.2, 0.25) is 5.88 Å². The molecule has 0 aromatic carbocycles. The van der Waals surface area contributed by atoms with Gasteiger partial charge in [-0.15, -0.1) is 0 Å². The minimum absolute atomic E-state index is 0.0316. The maximum Gasteiger partial charge on any atom is 0.266 e. The van der Waals surface area contributed by atoms with Crippen LogP contribution in [-0.2, 0) is 41.2 Å². The summed E-state index contributed by atoms with van der Waals surface area (Å²) in [6, 6.07) is 0. The van der Waals surface area contributed by atoms with Gasteiger partial charge in [-0.05, 0) is 44.1 Å². The van der Waals surface area contributed by atoms with Crippen LogP contribution in [-0.4, -0.2) is 82.2 Å². The highest BCUT2D eigenvalue weighted by atomic mass is 32.2. The van der Waals surface area contributed by atoms with Crippen LogP contribution in [0.5, 0.6) is 5.88 Å². The van der Waals surface area contributed by atoms with Crippen LogP contribution < -0.4 is 17.0 Å². The standard InChI is InChI=1S/C24H28N4O12S2/c1-12(4-6-15-13(2)17(19(25)29)23(33)27(21(15)31)8-10-41(35,36)37)5-7-16-14(3)18(20(26)30)24(34)28(22(16)32)9-11-42(38,39)40/h4-7,33H,8-11H2,1-3H3,(H2,25,29)(H2,26,30)(H,35,36,37)(H,38,39,40). The van der Waals surface area contributed by atoms with E-state index in [2.05, 4.69) is 0 Å². The summed E-state index contributed by atoms with van der Waals surface area (Å²) in [7, 11) is -9.10. The van der Waals surface area contributed by atoms with Crippen molar-refractivity contribution in [3.05, 3.63) is 67.6 Å². The second kappa shape index (κ2) is 12.6. The van der Waals surface area contributed by atoms with Crippen LogP contribution in [0.3, 0.4) is 0 Å². The highest BCUT2D eigenvalue weighted by Crippen LogP contribution is 2.26. The fourth-order valence-electron chi connectivity index (χ4n) is 3.95. The van der Waals surface area contributed by atoms with E-state index in [0.717, 1.165) is 0 Å². The number of nitrogens with two attached hydrogens (primary N) is 2. The summed E-state index contributed by atoms with van der Waals surface area (Å²) in [6.45, 7) is 2.65. The van der Waals surface area contributed by atoms with Gasteiger partial charge in [-0.1, -0.05) is 17.7 Å². The van der Waals surface area contributed by atoms with Crippen LogP contribution in [0.4, 0.5) is 0 Å². The minimum Gasteiger partial charge on any atom is -0.494 e. The zero-order valence-corrected chi connectivity index (χ0v) is 24.2. The molecular formula is C24H28N4O12S2. The normalized spacial score (nSPS) is 16.2. The van der Waals surface area contributed by atoms with Crippen LogP contribution >= 0.6 is 0 Å². The summed E-state index contributed by atoms with van der Waals surface area (Å²) >= 11 is 0. The molecule has 0 unspecified atom stereocenters. The lowest BCUT2D eigenvalue weighted by atomic mass is 9.93. The lowest BCUT2D eigenvalue weighted by Crippen LogP contribution is -2.47. The van der Waals surface area contributed by atoms with Gasteiger partial charge < -0.3 is 16.6 Å². The second-order valence-corrected chi connectivity index (χ2v) is 12.2. The van der Waals surface area contributed by atoms with Gasteiger partial charge in [0, 0.05) is 24.2 Å². The molecule has 0 fully saturated rings. The molecule has 2 heterocycles. The van der Waals surface area contributed by atoms with Crippen LogP contribution in [0, 0.1) is 6.92 Å². The number of aromatic hydroxyl groups is 1. The number of pyridine rings is 1. The molecule has 0 saturated heterocycles. The second-order valence-electron chi connectivity index (χ2n) is 9.08. The number of hydrogen-bond acceptors (Lipinski definition) is 10. The molecule has 1 aliphatic heterocycles. The average Bonchev–Trinajstić information content (AvgIpc) is 2.81. The van der Waals surface area contributed by atoms with Gasteiger partial charge in [0.25, 0.3) is 49.4 Å². The summed E-state index contributed by atoms with van der Waals surface area (Å²) in [5.74, 6) is -7.22. The van der Waals surface area contributed by atoms with E-state index in [1.165, 1.54) is 45.1 Å².